The topological polar surface area (TPSA) is 83.5 Å². The van der Waals surface area contributed by atoms with E-state index >= 15 is 0 Å². The molecule has 0 aliphatic heterocycles. The van der Waals surface area contributed by atoms with Gasteiger partial charge in [0.25, 0.3) is 10.0 Å². The molecule has 6 heteroatoms. The first kappa shape index (κ1) is 23.5. The van der Waals surface area contributed by atoms with Gasteiger partial charge in [0.2, 0.25) is 0 Å². The van der Waals surface area contributed by atoms with Crippen LogP contribution < -0.4 is 4.72 Å². The summed E-state index contributed by atoms with van der Waals surface area (Å²) < 4.78 is 28.9. The molecule has 0 radical (unpaired) electrons. The fourth-order valence-electron chi connectivity index (χ4n) is 4.13. The van der Waals surface area contributed by atoms with Crippen LogP contribution in [0.1, 0.15) is 40.7 Å². The molecule has 34 heavy (non-hydrogen) atoms. The Labute approximate surface area is 200 Å². The molecule has 0 atom stereocenters. The maximum Gasteiger partial charge on any atom is 0.335 e. The van der Waals surface area contributed by atoms with Crippen molar-refractivity contribution in [2.75, 3.05) is 4.72 Å². The van der Waals surface area contributed by atoms with Crippen LogP contribution in [0.4, 0.5) is 5.69 Å². The van der Waals surface area contributed by atoms with E-state index in [-0.39, 0.29) is 4.90 Å². The normalized spacial score (nSPS) is 11.4. The number of carbonyl (C=O) groups is 1. The maximum atomic E-state index is 13.1. The molecule has 5 nitrogen and oxygen atoms in total. The fourth-order valence-corrected chi connectivity index (χ4v) is 5.27. The van der Waals surface area contributed by atoms with E-state index in [0.29, 0.717) is 17.7 Å². The van der Waals surface area contributed by atoms with Crippen molar-refractivity contribution in [1.29, 1.82) is 0 Å². The summed E-state index contributed by atoms with van der Waals surface area (Å²) in [5.41, 5.74) is 2.74. The number of sulfonamides is 1. The van der Waals surface area contributed by atoms with Crippen LogP contribution in [0.5, 0.6) is 0 Å². The van der Waals surface area contributed by atoms with Crippen LogP contribution in [0.2, 0.25) is 0 Å². The molecule has 0 saturated carbocycles. The number of aromatic carboxylic acids is 1. The lowest BCUT2D eigenvalue weighted by Crippen LogP contribution is -2.14. The number of rotatable bonds is 10. The number of para-hydroxylation sites is 1. The van der Waals surface area contributed by atoms with Crippen molar-refractivity contribution in [2.24, 2.45) is 0 Å². The highest BCUT2D eigenvalue weighted by molar-refractivity contribution is 7.92. The molecule has 0 spiro atoms. The van der Waals surface area contributed by atoms with Gasteiger partial charge in [0.05, 0.1) is 16.1 Å². The second kappa shape index (κ2) is 10.5. The molecular formula is C28H27NO4S. The molecule has 2 N–H and O–H groups in total. The van der Waals surface area contributed by atoms with Crippen LogP contribution in [0.15, 0.2) is 95.9 Å². The third-order valence-electron chi connectivity index (χ3n) is 5.93. The van der Waals surface area contributed by atoms with Crippen molar-refractivity contribution in [3.63, 3.8) is 0 Å². The number of fused-ring (bicyclic) bond motifs is 1. The number of nitrogens with one attached hydrogen (secondary N) is 1. The highest BCUT2D eigenvalue weighted by Gasteiger charge is 2.16. The summed E-state index contributed by atoms with van der Waals surface area (Å²) in [6.07, 6.45) is 4.11. The molecule has 4 aromatic rings. The zero-order chi connectivity index (χ0) is 24.0. The van der Waals surface area contributed by atoms with Crippen LogP contribution in [0.25, 0.3) is 10.8 Å². The van der Waals surface area contributed by atoms with E-state index in [1.54, 1.807) is 30.3 Å². The van der Waals surface area contributed by atoms with E-state index in [0.717, 1.165) is 47.6 Å². The maximum absolute atomic E-state index is 13.1. The number of hydrogen-bond acceptors (Lipinski definition) is 3. The van der Waals surface area contributed by atoms with Crippen LogP contribution in [0.3, 0.4) is 0 Å². The van der Waals surface area contributed by atoms with Gasteiger partial charge in [0.15, 0.2) is 0 Å². The highest BCUT2D eigenvalue weighted by Crippen LogP contribution is 2.24. The molecule has 0 aliphatic carbocycles. The SMILES string of the molecule is O=C(O)c1ccccc1CCCCCc1ccccc1NS(=O)(=O)c1ccc2ccccc2c1. The minimum absolute atomic E-state index is 0.234. The van der Waals surface area contributed by atoms with E-state index in [1.807, 2.05) is 60.7 Å². The summed E-state index contributed by atoms with van der Waals surface area (Å²) in [7, 11) is -3.72. The zero-order valence-electron chi connectivity index (χ0n) is 18.8. The molecule has 0 fully saturated rings. The molecule has 0 bridgehead atoms. The summed E-state index contributed by atoms with van der Waals surface area (Å²) in [6, 6.07) is 27.4. The van der Waals surface area contributed by atoms with Crippen molar-refractivity contribution >= 4 is 32.5 Å². The Morgan fingerprint density at radius 1 is 0.706 bits per heavy atom. The fraction of sp³-hybridized carbons (Fsp3) is 0.179. The second-order valence-corrected chi connectivity index (χ2v) is 9.98. The van der Waals surface area contributed by atoms with Crippen molar-refractivity contribution < 1.29 is 18.3 Å². The van der Waals surface area contributed by atoms with Crippen molar-refractivity contribution in [2.45, 2.75) is 37.0 Å². The first-order valence-electron chi connectivity index (χ1n) is 11.3. The van der Waals surface area contributed by atoms with E-state index in [4.69, 9.17) is 0 Å². The van der Waals surface area contributed by atoms with Gasteiger partial charge in [0, 0.05) is 0 Å². The van der Waals surface area contributed by atoms with Gasteiger partial charge < -0.3 is 5.11 Å². The molecule has 0 aromatic heterocycles. The van der Waals surface area contributed by atoms with Crippen LogP contribution >= 0.6 is 0 Å². The minimum Gasteiger partial charge on any atom is -0.478 e. The van der Waals surface area contributed by atoms with Crippen LogP contribution in [-0.4, -0.2) is 19.5 Å². The lowest BCUT2D eigenvalue weighted by molar-refractivity contribution is 0.0695. The van der Waals surface area contributed by atoms with E-state index in [9.17, 15) is 18.3 Å². The lowest BCUT2D eigenvalue weighted by atomic mass is 9.99. The molecule has 174 valence electrons. The molecule has 0 amide bonds. The average molecular weight is 474 g/mol. The van der Waals surface area contributed by atoms with E-state index in [1.165, 1.54) is 0 Å². The summed E-state index contributed by atoms with van der Waals surface area (Å²) >= 11 is 0. The number of benzene rings is 4. The third-order valence-corrected chi connectivity index (χ3v) is 7.30. The number of anilines is 1. The summed E-state index contributed by atoms with van der Waals surface area (Å²) in [6.45, 7) is 0. The molecular weight excluding hydrogens is 446 g/mol. The Bertz CT molecular complexity index is 1410. The molecule has 0 unspecified atom stereocenters. The molecule has 0 saturated heterocycles. The minimum atomic E-state index is -3.72. The monoisotopic (exact) mass is 473 g/mol. The average Bonchev–Trinajstić information content (AvgIpc) is 2.84. The van der Waals surface area contributed by atoms with Gasteiger partial charge in [0.1, 0.15) is 0 Å². The summed E-state index contributed by atoms with van der Waals surface area (Å²) in [4.78, 5) is 11.6. The Kier molecular flexibility index (Phi) is 7.28. The van der Waals surface area contributed by atoms with E-state index in [2.05, 4.69) is 4.72 Å². The Morgan fingerprint density at radius 3 is 2.09 bits per heavy atom. The highest BCUT2D eigenvalue weighted by atomic mass is 32.2. The Balaban J connectivity index is 1.38. The van der Waals surface area contributed by atoms with Gasteiger partial charge in [-0.15, -0.1) is 0 Å². The van der Waals surface area contributed by atoms with Gasteiger partial charge in [-0.05, 0) is 71.8 Å². The zero-order valence-corrected chi connectivity index (χ0v) is 19.6. The number of aryl methyl sites for hydroxylation is 2. The first-order chi connectivity index (χ1) is 16.4. The second-order valence-electron chi connectivity index (χ2n) is 8.29. The van der Waals surface area contributed by atoms with Crippen molar-refractivity contribution in [3.8, 4) is 0 Å². The van der Waals surface area contributed by atoms with Gasteiger partial charge in [-0.1, -0.05) is 73.2 Å². The van der Waals surface area contributed by atoms with Crippen molar-refractivity contribution in [1.82, 2.24) is 0 Å². The molecule has 0 heterocycles. The number of carboxylic acids is 1. The third kappa shape index (κ3) is 5.64. The quantitative estimate of drug-likeness (QED) is 0.265. The van der Waals surface area contributed by atoms with E-state index < -0.39 is 16.0 Å². The first-order valence-corrected chi connectivity index (χ1v) is 12.8. The molecule has 0 aliphatic rings. The predicted molar refractivity (Wildman–Crippen MR) is 136 cm³/mol. The molecule has 4 aromatic carbocycles. The Morgan fingerprint density at radius 2 is 1.32 bits per heavy atom. The predicted octanol–water partition coefficient (Wildman–Crippen LogP) is 6.29. The number of unbranched alkanes of at least 4 members (excludes halogenated alkanes) is 2. The van der Waals surface area contributed by atoms with Gasteiger partial charge in [-0.25, -0.2) is 13.2 Å². The smallest absolute Gasteiger partial charge is 0.335 e. The number of carboxylic acid groups (broad SMARTS) is 1. The standard InChI is InChI=1S/C28H27NO4S/c30-28(31)26-16-8-6-12-22(26)11-2-1-3-13-23-14-7-9-17-27(23)29-34(32,33)25-19-18-21-10-4-5-15-24(21)20-25/h4-10,12,14-20,29H,1-3,11,13H2,(H,30,31). The van der Waals surface area contributed by atoms with Crippen molar-refractivity contribution in [3.05, 3.63) is 108 Å². The molecule has 4 rings (SSSR count). The van der Waals surface area contributed by atoms with Gasteiger partial charge >= 0.3 is 5.97 Å². The van der Waals surface area contributed by atoms with Crippen LogP contribution in [0, 0.1) is 0 Å². The van der Waals surface area contributed by atoms with Gasteiger partial charge in [-0.2, -0.15) is 0 Å². The number of hydrogen-bond donors (Lipinski definition) is 2. The Hall–Kier alpha value is -3.64. The largest absolute Gasteiger partial charge is 0.478 e. The van der Waals surface area contributed by atoms with Gasteiger partial charge in [-0.3, -0.25) is 4.72 Å². The lowest BCUT2D eigenvalue weighted by Gasteiger charge is -2.13. The summed E-state index contributed by atoms with van der Waals surface area (Å²) in [5, 5.41) is 11.2. The van der Waals surface area contributed by atoms with Crippen LogP contribution in [-0.2, 0) is 22.9 Å². The summed E-state index contributed by atoms with van der Waals surface area (Å²) in [5.74, 6) is -0.900.